The fourth-order valence-electron chi connectivity index (χ4n) is 2.28. The summed E-state index contributed by atoms with van der Waals surface area (Å²) in [7, 11) is -2.46. The van der Waals surface area contributed by atoms with Gasteiger partial charge in [0.15, 0.2) is 29.0 Å². The van der Waals surface area contributed by atoms with Gasteiger partial charge in [0.25, 0.3) is 0 Å². The van der Waals surface area contributed by atoms with Crippen molar-refractivity contribution in [1.82, 2.24) is 0 Å². The number of aryl methyl sites for hydroxylation is 1. The van der Waals surface area contributed by atoms with Gasteiger partial charge in [-0.2, -0.15) is 13.2 Å². The van der Waals surface area contributed by atoms with E-state index in [0.29, 0.717) is 12.1 Å². The summed E-state index contributed by atoms with van der Waals surface area (Å²) in [6.45, 7) is 2.35. The highest BCUT2D eigenvalue weighted by atomic mass is 32.2. The monoisotopic (exact) mass is 444 g/mol. The quantitative estimate of drug-likeness (QED) is 0.442. The Kier molecular flexibility index (Phi) is 7.15. The van der Waals surface area contributed by atoms with Crippen LogP contribution in [-0.4, -0.2) is 28.8 Å². The molecule has 2 atom stereocenters. The molecule has 2 unspecified atom stereocenters. The third kappa shape index (κ3) is 6.34. The van der Waals surface area contributed by atoms with E-state index in [2.05, 4.69) is 0 Å². The van der Waals surface area contributed by atoms with Crippen molar-refractivity contribution >= 4 is 10.8 Å². The van der Waals surface area contributed by atoms with E-state index in [1.54, 1.807) is 0 Å². The van der Waals surface area contributed by atoms with Gasteiger partial charge in [-0.25, -0.2) is 17.6 Å². The van der Waals surface area contributed by atoms with E-state index in [1.165, 1.54) is 13.8 Å². The Morgan fingerprint density at radius 3 is 2.14 bits per heavy atom. The first-order valence-corrected chi connectivity index (χ1v) is 9.38. The number of hydrogen-bond donors (Lipinski definition) is 0. The lowest BCUT2D eigenvalue weighted by Crippen LogP contribution is -2.22. The number of benzene rings is 2. The molecular weight excluding hydrogens is 429 g/mol. The smallest absolute Gasteiger partial charge is 0.400 e. The van der Waals surface area contributed by atoms with Gasteiger partial charge in [0.05, 0.1) is 10.8 Å². The van der Waals surface area contributed by atoms with Crippen LogP contribution in [0.2, 0.25) is 0 Å². The zero-order chi connectivity index (χ0) is 21.9. The zero-order valence-corrected chi connectivity index (χ0v) is 15.9. The molecule has 2 aromatic rings. The van der Waals surface area contributed by atoms with Crippen LogP contribution in [-0.2, 0) is 10.8 Å². The minimum absolute atomic E-state index is 0.0543. The van der Waals surface area contributed by atoms with Crippen molar-refractivity contribution in [3.63, 3.8) is 0 Å². The Morgan fingerprint density at radius 1 is 1.00 bits per heavy atom. The summed E-state index contributed by atoms with van der Waals surface area (Å²) < 4.78 is 113. The van der Waals surface area contributed by atoms with Crippen molar-refractivity contribution in [2.45, 2.75) is 31.0 Å². The van der Waals surface area contributed by atoms with Gasteiger partial charge in [0.1, 0.15) is 24.2 Å². The van der Waals surface area contributed by atoms with Crippen LogP contribution in [0.5, 0.6) is 11.5 Å². The van der Waals surface area contributed by atoms with Crippen LogP contribution in [0.1, 0.15) is 12.5 Å². The largest absolute Gasteiger partial charge is 0.490 e. The molecule has 2 rings (SSSR count). The summed E-state index contributed by atoms with van der Waals surface area (Å²) in [5.41, 5.74) is 0.0543. The molecule has 11 heteroatoms. The molecule has 0 aliphatic heterocycles. The molecule has 0 heterocycles. The van der Waals surface area contributed by atoms with E-state index in [-0.39, 0.29) is 22.8 Å². The Bertz CT molecular complexity index is 892. The lowest BCUT2D eigenvalue weighted by molar-refractivity contribution is -0.105. The molecule has 0 radical (unpaired) electrons. The van der Waals surface area contributed by atoms with Gasteiger partial charge in [-0.1, -0.05) is 0 Å². The van der Waals surface area contributed by atoms with Crippen molar-refractivity contribution in [2.24, 2.45) is 0 Å². The molecule has 0 fully saturated rings. The minimum Gasteiger partial charge on any atom is -0.490 e. The molecule has 0 saturated heterocycles. The Morgan fingerprint density at radius 2 is 1.59 bits per heavy atom. The molecular formula is C18H15F7O3S. The van der Waals surface area contributed by atoms with Gasteiger partial charge in [0.2, 0.25) is 0 Å². The van der Waals surface area contributed by atoms with E-state index < -0.39 is 57.9 Å². The fourth-order valence-corrected chi connectivity index (χ4v) is 3.39. The molecule has 0 aliphatic rings. The standard InChI is InChI=1S/C18H15F7O3S/c1-9-3-12(19)15(6-16(9)29(26)8-18(23,24)25)28-10(2)7-27-11-4-13(20)17(22)14(21)5-11/h3-6,10H,7-8H2,1-2H3. The van der Waals surface area contributed by atoms with E-state index in [4.69, 9.17) is 9.47 Å². The Hall–Kier alpha value is -2.30. The Balaban J connectivity index is 2.10. The normalized spacial score (nSPS) is 13.8. The molecule has 3 nitrogen and oxygen atoms in total. The van der Waals surface area contributed by atoms with E-state index in [1.807, 2.05) is 0 Å². The summed E-state index contributed by atoms with van der Waals surface area (Å²) >= 11 is 0. The van der Waals surface area contributed by atoms with Crippen LogP contribution in [0.25, 0.3) is 0 Å². The van der Waals surface area contributed by atoms with Crippen LogP contribution < -0.4 is 9.47 Å². The predicted octanol–water partition coefficient (Wildman–Crippen LogP) is 5.07. The summed E-state index contributed by atoms with van der Waals surface area (Å²) in [4.78, 5) is -0.241. The predicted molar refractivity (Wildman–Crippen MR) is 90.4 cm³/mol. The van der Waals surface area contributed by atoms with Crippen LogP contribution in [0.4, 0.5) is 30.7 Å². The highest BCUT2D eigenvalue weighted by Gasteiger charge is 2.32. The maximum Gasteiger partial charge on any atom is 0.400 e. The number of ether oxygens (including phenoxy) is 2. The maximum absolute atomic E-state index is 14.1. The molecule has 160 valence electrons. The number of halogens is 7. The fraction of sp³-hybridized carbons (Fsp3) is 0.333. The molecule has 2 aromatic carbocycles. The highest BCUT2D eigenvalue weighted by Crippen LogP contribution is 2.28. The van der Waals surface area contributed by atoms with Crippen LogP contribution in [0, 0.1) is 30.2 Å². The molecule has 29 heavy (non-hydrogen) atoms. The zero-order valence-electron chi connectivity index (χ0n) is 15.1. The maximum atomic E-state index is 14.1. The summed E-state index contributed by atoms with van der Waals surface area (Å²) in [6.07, 6.45) is -5.60. The van der Waals surface area contributed by atoms with E-state index >= 15 is 0 Å². The summed E-state index contributed by atoms with van der Waals surface area (Å²) in [5, 5.41) is 0. The molecule has 0 N–H and O–H groups in total. The average molecular weight is 444 g/mol. The first kappa shape index (κ1) is 23.0. The van der Waals surface area contributed by atoms with Gasteiger partial charge >= 0.3 is 6.18 Å². The first-order valence-electron chi connectivity index (χ1n) is 8.06. The molecule has 0 saturated carbocycles. The van der Waals surface area contributed by atoms with Crippen molar-refractivity contribution in [1.29, 1.82) is 0 Å². The van der Waals surface area contributed by atoms with Gasteiger partial charge in [-0.15, -0.1) is 0 Å². The average Bonchev–Trinajstić information content (AvgIpc) is 2.58. The van der Waals surface area contributed by atoms with Crippen LogP contribution in [0.3, 0.4) is 0 Å². The SMILES string of the molecule is Cc1cc(F)c(OC(C)COc2cc(F)c(F)c(F)c2)cc1S(=O)CC(F)(F)F. The van der Waals surface area contributed by atoms with Gasteiger partial charge in [-0.05, 0) is 31.5 Å². The van der Waals surface area contributed by atoms with Crippen molar-refractivity contribution in [3.8, 4) is 11.5 Å². The lowest BCUT2D eigenvalue weighted by Gasteiger charge is -2.18. The van der Waals surface area contributed by atoms with Gasteiger partial charge in [0, 0.05) is 17.0 Å². The second-order valence-corrected chi connectivity index (χ2v) is 7.51. The molecule has 0 amide bonds. The highest BCUT2D eigenvalue weighted by molar-refractivity contribution is 7.85. The van der Waals surface area contributed by atoms with Crippen molar-refractivity contribution in [2.75, 3.05) is 12.4 Å². The van der Waals surface area contributed by atoms with Crippen LogP contribution >= 0.6 is 0 Å². The van der Waals surface area contributed by atoms with E-state index in [0.717, 1.165) is 12.1 Å². The third-order valence-electron chi connectivity index (χ3n) is 3.54. The topological polar surface area (TPSA) is 35.5 Å². The first-order chi connectivity index (χ1) is 13.4. The molecule has 0 spiro atoms. The van der Waals surface area contributed by atoms with Crippen molar-refractivity contribution in [3.05, 3.63) is 53.1 Å². The van der Waals surface area contributed by atoms with Gasteiger partial charge < -0.3 is 9.47 Å². The summed E-state index contributed by atoms with van der Waals surface area (Å²) in [5.74, 6) is -7.89. The second-order valence-electron chi connectivity index (χ2n) is 6.09. The number of alkyl halides is 3. The molecule has 0 aliphatic carbocycles. The molecule has 0 bridgehead atoms. The van der Waals surface area contributed by atoms with Crippen molar-refractivity contribution < 1.29 is 44.4 Å². The third-order valence-corrected chi connectivity index (χ3v) is 5.06. The number of hydrogen-bond acceptors (Lipinski definition) is 3. The van der Waals surface area contributed by atoms with Crippen LogP contribution in [0.15, 0.2) is 29.2 Å². The Labute approximate surface area is 163 Å². The summed E-state index contributed by atoms with van der Waals surface area (Å²) in [6, 6.07) is 3.00. The number of rotatable bonds is 7. The van der Waals surface area contributed by atoms with E-state index in [9.17, 15) is 34.9 Å². The van der Waals surface area contributed by atoms with Gasteiger partial charge in [-0.3, -0.25) is 4.21 Å². The molecule has 0 aromatic heterocycles. The second kappa shape index (κ2) is 9.02. The lowest BCUT2D eigenvalue weighted by atomic mass is 10.2. The minimum atomic E-state index is -4.67.